The standard InChI is InChI=1S/C15H22N2O/c1-2-6-15-13(4-1)12-14(16-15)5-3-7-17-8-10-18-11-9-17/h1-2,4,6,14,16H,3,5,7-12H2. The summed E-state index contributed by atoms with van der Waals surface area (Å²) < 4.78 is 5.37. The molecular formula is C15H22N2O. The van der Waals surface area contributed by atoms with Crippen LogP contribution in [0.15, 0.2) is 24.3 Å². The molecule has 0 amide bonds. The number of anilines is 1. The maximum absolute atomic E-state index is 5.37. The molecule has 3 heteroatoms. The van der Waals surface area contributed by atoms with Crippen molar-refractivity contribution in [2.24, 2.45) is 0 Å². The van der Waals surface area contributed by atoms with E-state index in [4.69, 9.17) is 4.74 Å². The van der Waals surface area contributed by atoms with Gasteiger partial charge in [-0.05, 0) is 37.4 Å². The predicted octanol–water partition coefficient (Wildman–Crippen LogP) is 2.14. The van der Waals surface area contributed by atoms with Gasteiger partial charge in [-0.2, -0.15) is 0 Å². The molecule has 2 aliphatic heterocycles. The van der Waals surface area contributed by atoms with Crippen LogP contribution in [0.4, 0.5) is 5.69 Å². The first-order valence-corrected chi connectivity index (χ1v) is 7.06. The van der Waals surface area contributed by atoms with Gasteiger partial charge in [0.25, 0.3) is 0 Å². The van der Waals surface area contributed by atoms with Gasteiger partial charge >= 0.3 is 0 Å². The highest BCUT2D eigenvalue weighted by Crippen LogP contribution is 2.27. The highest BCUT2D eigenvalue weighted by molar-refractivity contribution is 5.56. The number of benzene rings is 1. The van der Waals surface area contributed by atoms with Crippen LogP contribution in [0.5, 0.6) is 0 Å². The van der Waals surface area contributed by atoms with Crippen LogP contribution < -0.4 is 5.32 Å². The minimum atomic E-state index is 0.642. The molecule has 3 rings (SSSR count). The average molecular weight is 246 g/mol. The second-order valence-corrected chi connectivity index (χ2v) is 5.30. The molecule has 0 aromatic heterocycles. The minimum absolute atomic E-state index is 0.642. The Kier molecular flexibility index (Phi) is 3.81. The van der Waals surface area contributed by atoms with E-state index in [1.54, 1.807) is 0 Å². The zero-order chi connectivity index (χ0) is 12.2. The van der Waals surface area contributed by atoms with Crippen molar-refractivity contribution in [2.45, 2.75) is 25.3 Å². The van der Waals surface area contributed by atoms with Crippen LogP contribution in [-0.2, 0) is 11.2 Å². The van der Waals surface area contributed by atoms with Crippen LogP contribution in [0, 0.1) is 0 Å². The second-order valence-electron chi connectivity index (χ2n) is 5.30. The lowest BCUT2D eigenvalue weighted by Crippen LogP contribution is -2.37. The Labute approximate surface area is 109 Å². The van der Waals surface area contributed by atoms with Crippen molar-refractivity contribution in [1.82, 2.24) is 4.90 Å². The zero-order valence-electron chi connectivity index (χ0n) is 10.9. The summed E-state index contributed by atoms with van der Waals surface area (Å²) in [6, 6.07) is 9.32. The van der Waals surface area contributed by atoms with Crippen LogP contribution in [0.3, 0.4) is 0 Å². The Morgan fingerprint density at radius 2 is 2.06 bits per heavy atom. The SMILES string of the molecule is c1ccc2c(c1)CC(CCCN1CCOCC1)N2. The van der Waals surface area contributed by atoms with E-state index in [0.717, 1.165) is 26.3 Å². The molecule has 0 bridgehead atoms. The van der Waals surface area contributed by atoms with Crippen LogP contribution >= 0.6 is 0 Å². The summed E-state index contributed by atoms with van der Waals surface area (Å²) in [7, 11) is 0. The summed E-state index contributed by atoms with van der Waals surface area (Å²) in [5.74, 6) is 0. The van der Waals surface area contributed by atoms with Gasteiger partial charge in [-0.25, -0.2) is 0 Å². The first-order valence-electron chi connectivity index (χ1n) is 7.06. The first kappa shape index (κ1) is 12.0. The van der Waals surface area contributed by atoms with Crippen molar-refractivity contribution in [3.05, 3.63) is 29.8 Å². The van der Waals surface area contributed by atoms with E-state index in [1.807, 2.05) is 0 Å². The number of hydrogen-bond acceptors (Lipinski definition) is 3. The monoisotopic (exact) mass is 246 g/mol. The molecule has 1 atom stereocenters. The molecule has 0 aliphatic carbocycles. The first-order chi connectivity index (χ1) is 8.92. The third-order valence-electron chi connectivity index (χ3n) is 3.97. The summed E-state index contributed by atoms with van der Waals surface area (Å²) in [5.41, 5.74) is 2.82. The number of fused-ring (bicyclic) bond motifs is 1. The predicted molar refractivity (Wildman–Crippen MR) is 74.0 cm³/mol. The van der Waals surface area contributed by atoms with Crippen LogP contribution in [0.2, 0.25) is 0 Å². The fourth-order valence-electron chi connectivity index (χ4n) is 2.94. The number of ether oxygens (including phenoxy) is 1. The number of nitrogens with zero attached hydrogens (tertiary/aromatic N) is 1. The third kappa shape index (κ3) is 2.85. The number of rotatable bonds is 4. The van der Waals surface area contributed by atoms with Gasteiger partial charge in [-0.1, -0.05) is 18.2 Å². The maximum Gasteiger partial charge on any atom is 0.0594 e. The largest absolute Gasteiger partial charge is 0.382 e. The average Bonchev–Trinajstić information content (AvgIpc) is 2.82. The molecule has 18 heavy (non-hydrogen) atoms. The summed E-state index contributed by atoms with van der Waals surface area (Å²) in [6.45, 7) is 5.26. The molecule has 1 unspecified atom stereocenters. The van der Waals surface area contributed by atoms with Crippen LogP contribution in [0.25, 0.3) is 0 Å². The maximum atomic E-state index is 5.37. The lowest BCUT2D eigenvalue weighted by atomic mass is 10.1. The van der Waals surface area contributed by atoms with Gasteiger partial charge in [0.2, 0.25) is 0 Å². The van der Waals surface area contributed by atoms with E-state index in [9.17, 15) is 0 Å². The number of hydrogen-bond donors (Lipinski definition) is 1. The molecule has 0 spiro atoms. The highest BCUT2D eigenvalue weighted by Gasteiger charge is 2.19. The fraction of sp³-hybridized carbons (Fsp3) is 0.600. The third-order valence-corrected chi connectivity index (χ3v) is 3.97. The van der Waals surface area contributed by atoms with Gasteiger partial charge in [0.1, 0.15) is 0 Å². The van der Waals surface area contributed by atoms with E-state index in [1.165, 1.54) is 37.1 Å². The Morgan fingerprint density at radius 3 is 2.89 bits per heavy atom. The summed E-state index contributed by atoms with van der Waals surface area (Å²) in [5, 5.41) is 3.63. The molecule has 98 valence electrons. The zero-order valence-corrected chi connectivity index (χ0v) is 10.9. The Hall–Kier alpha value is -1.06. The van der Waals surface area contributed by atoms with E-state index < -0.39 is 0 Å². The van der Waals surface area contributed by atoms with Gasteiger partial charge in [-0.15, -0.1) is 0 Å². The van der Waals surface area contributed by atoms with Gasteiger partial charge < -0.3 is 10.1 Å². The minimum Gasteiger partial charge on any atom is -0.382 e. The van der Waals surface area contributed by atoms with Crippen molar-refractivity contribution < 1.29 is 4.74 Å². The molecule has 0 saturated carbocycles. The smallest absolute Gasteiger partial charge is 0.0594 e. The second kappa shape index (κ2) is 5.72. The van der Waals surface area contributed by atoms with Gasteiger partial charge in [-0.3, -0.25) is 4.90 Å². The topological polar surface area (TPSA) is 24.5 Å². The van der Waals surface area contributed by atoms with Crippen molar-refractivity contribution >= 4 is 5.69 Å². The highest BCUT2D eigenvalue weighted by atomic mass is 16.5. The van der Waals surface area contributed by atoms with Crippen LogP contribution in [0.1, 0.15) is 18.4 Å². The normalized spacial score (nSPS) is 23.7. The molecule has 2 aliphatic rings. The van der Waals surface area contributed by atoms with Gasteiger partial charge in [0.05, 0.1) is 13.2 Å². The Balaban J connectivity index is 1.40. The van der Waals surface area contributed by atoms with Crippen molar-refractivity contribution in [1.29, 1.82) is 0 Å². The van der Waals surface area contributed by atoms with E-state index in [0.29, 0.717) is 6.04 Å². The molecule has 0 radical (unpaired) electrons. The van der Waals surface area contributed by atoms with E-state index in [-0.39, 0.29) is 0 Å². The molecular weight excluding hydrogens is 224 g/mol. The van der Waals surface area contributed by atoms with Gasteiger partial charge in [0, 0.05) is 24.8 Å². The summed E-state index contributed by atoms with van der Waals surface area (Å²) in [6.07, 6.45) is 3.75. The molecule has 3 nitrogen and oxygen atoms in total. The number of para-hydroxylation sites is 1. The quantitative estimate of drug-likeness (QED) is 0.881. The lowest BCUT2D eigenvalue weighted by molar-refractivity contribution is 0.0371. The molecule has 1 aromatic rings. The molecule has 1 N–H and O–H groups in total. The molecule has 2 heterocycles. The molecule has 1 fully saturated rings. The van der Waals surface area contributed by atoms with E-state index >= 15 is 0 Å². The fourth-order valence-corrected chi connectivity index (χ4v) is 2.94. The van der Waals surface area contributed by atoms with Crippen molar-refractivity contribution in [3.8, 4) is 0 Å². The Morgan fingerprint density at radius 1 is 1.22 bits per heavy atom. The lowest BCUT2D eigenvalue weighted by Gasteiger charge is -2.26. The Bertz CT molecular complexity index is 363. The van der Waals surface area contributed by atoms with Gasteiger partial charge in [0.15, 0.2) is 0 Å². The summed E-state index contributed by atoms with van der Waals surface area (Å²) in [4.78, 5) is 2.52. The molecule has 1 aromatic carbocycles. The number of morpholine rings is 1. The van der Waals surface area contributed by atoms with Crippen molar-refractivity contribution in [2.75, 3.05) is 38.2 Å². The number of nitrogens with one attached hydrogen (secondary N) is 1. The molecule has 1 saturated heterocycles. The van der Waals surface area contributed by atoms with E-state index in [2.05, 4.69) is 34.5 Å². The van der Waals surface area contributed by atoms with Crippen LogP contribution in [-0.4, -0.2) is 43.8 Å². The van der Waals surface area contributed by atoms with Crippen molar-refractivity contribution in [3.63, 3.8) is 0 Å². The summed E-state index contributed by atoms with van der Waals surface area (Å²) >= 11 is 0.